The maximum Gasteiger partial charge on any atom is 0.344 e. The minimum atomic E-state index is -0.455. The molecule has 0 saturated heterocycles. The van der Waals surface area contributed by atoms with E-state index < -0.39 is 5.97 Å². The lowest BCUT2D eigenvalue weighted by molar-refractivity contribution is -0.146. The van der Waals surface area contributed by atoms with Crippen LogP contribution in [-0.2, 0) is 14.3 Å². The van der Waals surface area contributed by atoms with Gasteiger partial charge in [-0.1, -0.05) is 18.2 Å². The number of rotatable bonds is 6. The van der Waals surface area contributed by atoms with E-state index in [2.05, 4.69) is 5.32 Å². The van der Waals surface area contributed by atoms with Gasteiger partial charge in [0.2, 0.25) is 5.91 Å². The molecule has 1 N–H and O–H groups in total. The summed E-state index contributed by atoms with van der Waals surface area (Å²) in [6, 6.07) is 7.43. The van der Waals surface area contributed by atoms with Crippen LogP contribution in [0.2, 0.25) is 0 Å². The SMILES string of the molecule is CC(=O)NCCOC(=O)COc1ccccc1C. The van der Waals surface area contributed by atoms with E-state index in [4.69, 9.17) is 9.47 Å². The first kappa shape index (κ1) is 14.0. The summed E-state index contributed by atoms with van der Waals surface area (Å²) in [4.78, 5) is 21.9. The highest BCUT2D eigenvalue weighted by Crippen LogP contribution is 2.15. The van der Waals surface area contributed by atoms with E-state index in [0.717, 1.165) is 5.56 Å². The van der Waals surface area contributed by atoms with Gasteiger partial charge in [0.25, 0.3) is 0 Å². The molecule has 1 amide bonds. The lowest BCUT2D eigenvalue weighted by Gasteiger charge is -2.09. The summed E-state index contributed by atoms with van der Waals surface area (Å²) in [6.45, 7) is 3.63. The smallest absolute Gasteiger partial charge is 0.344 e. The van der Waals surface area contributed by atoms with Gasteiger partial charge >= 0.3 is 5.97 Å². The second kappa shape index (κ2) is 7.32. The van der Waals surface area contributed by atoms with E-state index in [0.29, 0.717) is 12.3 Å². The molecular formula is C13H17NO4. The number of amides is 1. The van der Waals surface area contributed by atoms with Crippen LogP contribution < -0.4 is 10.1 Å². The molecule has 0 aliphatic heterocycles. The molecule has 1 aromatic rings. The van der Waals surface area contributed by atoms with Gasteiger partial charge in [-0.05, 0) is 18.6 Å². The Hall–Kier alpha value is -2.04. The number of ether oxygens (including phenoxy) is 2. The molecule has 5 nitrogen and oxygen atoms in total. The van der Waals surface area contributed by atoms with Crippen molar-refractivity contribution in [1.82, 2.24) is 5.32 Å². The van der Waals surface area contributed by atoms with E-state index in [1.165, 1.54) is 6.92 Å². The molecule has 0 aliphatic rings. The van der Waals surface area contributed by atoms with Crippen LogP contribution in [0, 0.1) is 6.92 Å². The third-order valence-corrected chi connectivity index (χ3v) is 2.18. The summed E-state index contributed by atoms with van der Waals surface area (Å²) >= 11 is 0. The first-order valence-electron chi connectivity index (χ1n) is 5.68. The molecule has 0 aliphatic carbocycles. The zero-order valence-corrected chi connectivity index (χ0v) is 10.6. The van der Waals surface area contributed by atoms with Crippen LogP contribution in [0.3, 0.4) is 0 Å². The fourth-order valence-electron chi connectivity index (χ4n) is 1.29. The van der Waals surface area contributed by atoms with E-state index in [-0.39, 0.29) is 19.1 Å². The second-order valence-corrected chi connectivity index (χ2v) is 3.76. The Kier molecular flexibility index (Phi) is 5.70. The summed E-state index contributed by atoms with van der Waals surface area (Å²) in [5.41, 5.74) is 0.962. The van der Waals surface area contributed by atoms with E-state index in [1.807, 2.05) is 25.1 Å². The Morgan fingerprint density at radius 3 is 2.67 bits per heavy atom. The molecule has 0 spiro atoms. The number of para-hydroxylation sites is 1. The fourth-order valence-corrected chi connectivity index (χ4v) is 1.29. The lowest BCUT2D eigenvalue weighted by Crippen LogP contribution is -2.26. The summed E-state index contributed by atoms with van der Waals surface area (Å²) in [5.74, 6) is 0.0575. The predicted molar refractivity (Wildman–Crippen MR) is 66.3 cm³/mol. The fraction of sp³-hybridized carbons (Fsp3) is 0.385. The normalized spacial score (nSPS) is 9.67. The molecular weight excluding hydrogens is 234 g/mol. The van der Waals surface area contributed by atoms with Crippen molar-refractivity contribution in [2.45, 2.75) is 13.8 Å². The van der Waals surface area contributed by atoms with Crippen LogP contribution in [-0.4, -0.2) is 31.6 Å². The molecule has 0 bridgehead atoms. The molecule has 98 valence electrons. The predicted octanol–water partition coefficient (Wildman–Crippen LogP) is 1.05. The zero-order chi connectivity index (χ0) is 13.4. The van der Waals surface area contributed by atoms with Crippen LogP contribution in [0.15, 0.2) is 24.3 Å². The maximum atomic E-state index is 11.3. The summed E-state index contributed by atoms with van der Waals surface area (Å²) in [6.07, 6.45) is 0. The maximum absolute atomic E-state index is 11.3. The molecule has 0 atom stereocenters. The second-order valence-electron chi connectivity index (χ2n) is 3.76. The van der Waals surface area contributed by atoms with Gasteiger partial charge in [0.1, 0.15) is 12.4 Å². The van der Waals surface area contributed by atoms with Crippen LogP contribution in [0.25, 0.3) is 0 Å². The third-order valence-electron chi connectivity index (χ3n) is 2.18. The van der Waals surface area contributed by atoms with Gasteiger partial charge in [-0.2, -0.15) is 0 Å². The number of carbonyl (C=O) groups is 2. The molecule has 0 fully saturated rings. The Labute approximate surface area is 106 Å². The van der Waals surface area contributed by atoms with Crippen LogP contribution in [0.1, 0.15) is 12.5 Å². The van der Waals surface area contributed by atoms with Crippen molar-refractivity contribution in [2.24, 2.45) is 0 Å². The summed E-state index contributed by atoms with van der Waals surface area (Å²) < 4.78 is 10.2. The number of esters is 1. The summed E-state index contributed by atoms with van der Waals surface area (Å²) in [7, 11) is 0. The Morgan fingerprint density at radius 1 is 1.28 bits per heavy atom. The average molecular weight is 251 g/mol. The van der Waals surface area contributed by atoms with E-state index in [1.54, 1.807) is 6.07 Å². The van der Waals surface area contributed by atoms with Gasteiger partial charge in [-0.15, -0.1) is 0 Å². The van der Waals surface area contributed by atoms with Crippen LogP contribution in [0.5, 0.6) is 5.75 Å². The number of hydrogen-bond acceptors (Lipinski definition) is 4. The number of nitrogens with one attached hydrogen (secondary N) is 1. The van der Waals surface area contributed by atoms with Crippen molar-refractivity contribution in [3.05, 3.63) is 29.8 Å². The molecule has 5 heteroatoms. The Bertz CT molecular complexity index is 417. The standard InChI is InChI=1S/C13H17NO4/c1-10-5-3-4-6-12(10)18-9-13(16)17-8-7-14-11(2)15/h3-6H,7-9H2,1-2H3,(H,14,15). The highest BCUT2D eigenvalue weighted by atomic mass is 16.6. The van der Waals surface area contributed by atoms with E-state index in [9.17, 15) is 9.59 Å². The molecule has 18 heavy (non-hydrogen) atoms. The highest BCUT2D eigenvalue weighted by molar-refractivity contribution is 5.73. The third kappa shape index (κ3) is 5.34. The molecule has 1 aromatic carbocycles. The van der Waals surface area contributed by atoms with Crippen LogP contribution in [0.4, 0.5) is 0 Å². The van der Waals surface area contributed by atoms with Crippen molar-refractivity contribution in [2.75, 3.05) is 19.8 Å². The van der Waals surface area contributed by atoms with Crippen molar-refractivity contribution >= 4 is 11.9 Å². The Balaban J connectivity index is 2.21. The number of aryl methyl sites for hydroxylation is 1. The first-order chi connectivity index (χ1) is 8.59. The van der Waals surface area contributed by atoms with Crippen molar-refractivity contribution in [3.63, 3.8) is 0 Å². The van der Waals surface area contributed by atoms with E-state index >= 15 is 0 Å². The number of carbonyl (C=O) groups excluding carboxylic acids is 2. The zero-order valence-electron chi connectivity index (χ0n) is 10.6. The average Bonchev–Trinajstić information content (AvgIpc) is 2.33. The number of hydrogen-bond donors (Lipinski definition) is 1. The van der Waals surface area contributed by atoms with Crippen molar-refractivity contribution in [3.8, 4) is 5.75 Å². The minimum Gasteiger partial charge on any atom is -0.482 e. The quantitative estimate of drug-likeness (QED) is 0.606. The minimum absolute atomic E-state index is 0.134. The lowest BCUT2D eigenvalue weighted by atomic mass is 10.2. The largest absolute Gasteiger partial charge is 0.482 e. The molecule has 0 saturated carbocycles. The van der Waals surface area contributed by atoms with Gasteiger partial charge in [0, 0.05) is 6.92 Å². The molecule has 0 unspecified atom stereocenters. The van der Waals surface area contributed by atoms with Crippen molar-refractivity contribution < 1.29 is 19.1 Å². The number of benzene rings is 1. The van der Waals surface area contributed by atoms with Gasteiger partial charge in [0.05, 0.1) is 6.54 Å². The summed E-state index contributed by atoms with van der Waals surface area (Å²) in [5, 5.41) is 2.53. The highest BCUT2D eigenvalue weighted by Gasteiger charge is 2.05. The van der Waals surface area contributed by atoms with Crippen molar-refractivity contribution in [1.29, 1.82) is 0 Å². The van der Waals surface area contributed by atoms with Crippen LogP contribution >= 0.6 is 0 Å². The Morgan fingerprint density at radius 2 is 2.00 bits per heavy atom. The monoisotopic (exact) mass is 251 g/mol. The topological polar surface area (TPSA) is 64.6 Å². The van der Waals surface area contributed by atoms with Gasteiger partial charge in [0.15, 0.2) is 6.61 Å². The molecule has 1 rings (SSSR count). The molecule has 0 aromatic heterocycles. The first-order valence-corrected chi connectivity index (χ1v) is 5.68. The molecule has 0 radical (unpaired) electrons. The van der Waals surface area contributed by atoms with Gasteiger partial charge in [-0.3, -0.25) is 4.79 Å². The van der Waals surface area contributed by atoms with Gasteiger partial charge in [-0.25, -0.2) is 4.79 Å². The molecule has 0 heterocycles. The van der Waals surface area contributed by atoms with Gasteiger partial charge < -0.3 is 14.8 Å².